The molecule has 2 fully saturated rings. The molecule has 2 N–H and O–H groups in total. The number of nitrogens with zero attached hydrogens (tertiary/aromatic N) is 1. The largest absolute Gasteiger partial charge is 0.309 e. The van der Waals surface area contributed by atoms with Crippen molar-refractivity contribution in [2.75, 3.05) is 18.4 Å². The molecular formula is C12H15N3OS. The molecule has 3 rings (SSSR count). The number of hydrogen-bond acceptors (Lipinski definition) is 4. The molecule has 4 nitrogen and oxygen atoms in total. The Balaban J connectivity index is 1.67. The summed E-state index contributed by atoms with van der Waals surface area (Å²) in [4.78, 5) is 16.4. The molecule has 0 bridgehead atoms. The van der Waals surface area contributed by atoms with E-state index in [0.717, 1.165) is 29.5 Å². The Labute approximate surface area is 104 Å². The number of aromatic nitrogens is 1. The maximum Gasteiger partial charge on any atom is 0.253 e. The summed E-state index contributed by atoms with van der Waals surface area (Å²) in [5.74, 6) is 0.630. The standard InChI is InChI=1S/C12H15N3OS/c1-7(9-4-13-5-9)11(16)15-12-14-10(6-17-12)8-2-3-8/h6,8,13H,2-5H2,1H3,(H,14,15,16). The summed E-state index contributed by atoms with van der Waals surface area (Å²) in [6, 6.07) is 0. The molecule has 1 aliphatic carbocycles. The van der Waals surface area contributed by atoms with Crippen LogP contribution in [0.25, 0.3) is 0 Å². The molecule has 1 aromatic heterocycles. The minimum absolute atomic E-state index is 0.0156. The molecule has 2 heterocycles. The van der Waals surface area contributed by atoms with Crippen LogP contribution in [0.2, 0.25) is 0 Å². The predicted octanol–water partition coefficient (Wildman–Crippen LogP) is 1.88. The van der Waals surface area contributed by atoms with E-state index in [1.54, 1.807) is 0 Å². The predicted molar refractivity (Wildman–Crippen MR) is 68.3 cm³/mol. The first-order chi connectivity index (χ1) is 8.24. The highest BCUT2D eigenvalue weighted by molar-refractivity contribution is 7.14. The molecule has 90 valence electrons. The van der Waals surface area contributed by atoms with Gasteiger partial charge < -0.3 is 5.32 Å². The van der Waals surface area contributed by atoms with Crippen LogP contribution in [-0.4, -0.2) is 24.0 Å². The molecule has 0 atom stereocenters. The lowest BCUT2D eigenvalue weighted by Gasteiger charge is -2.21. The summed E-state index contributed by atoms with van der Waals surface area (Å²) in [7, 11) is 0. The number of carbonyl (C=O) groups is 1. The van der Waals surface area contributed by atoms with Crippen LogP contribution in [0.5, 0.6) is 0 Å². The van der Waals surface area contributed by atoms with Gasteiger partial charge in [0.05, 0.1) is 5.69 Å². The molecule has 0 aromatic carbocycles. The average molecular weight is 249 g/mol. The second kappa shape index (κ2) is 4.23. The van der Waals surface area contributed by atoms with E-state index in [-0.39, 0.29) is 5.91 Å². The normalized spacial score (nSPS) is 18.8. The van der Waals surface area contributed by atoms with Crippen LogP contribution in [-0.2, 0) is 4.79 Å². The van der Waals surface area contributed by atoms with Gasteiger partial charge in [-0.15, -0.1) is 11.3 Å². The topological polar surface area (TPSA) is 54.0 Å². The van der Waals surface area contributed by atoms with E-state index >= 15 is 0 Å². The lowest BCUT2D eigenvalue weighted by molar-refractivity contribution is -0.112. The average Bonchev–Trinajstić information content (AvgIpc) is 2.98. The Morgan fingerprint density at radius 1 is 1.53 bits per heavy atom. The fraction of sp³-hybridized carbons (Fsp3) is 0.500. The molecule has 0 spiro atoms. The third-order valence-electron chi connectivity index (χ3n) is 3.29. The number of thiazole rings is 1. The zero-order valence-electron chi connectivity index (χ0n) is 9.75. The van der Waals surface area contributed by atoms with Crippen molar-refractivity contribution >= 4 is 22.4 Å². The summed E-state index contributed by atoms with van der Waals surface area (Å²) in [5, 5.41) is 8.80. The zero-order chi connectivity index (χ0) is 11.8. The Morgan fingerprint density at radius 3 is 2.88 bits per heavy atom. The highest BCUT2D eigenvalue weighted by Crippen LogP contribution is 2.40. The van der Waals surface area contributed by atoms with Crippen molar-refractivity contribution in [2.24, 2.45) is 0 Å². The molecule has 0 unspecified atom stereocenters. The van der Waals surface area contributed by atoms with Gasteiger partial charge in [-0.1, -0.05) is 0 Å². The van der Waals surface area contributed by atoms with E-state index in [0.29, 0.717) is 5.92 Å². The number of anilines is 1. The number of amides is 1. The summed E-state index contributed by atoms with van der Waals surface area (Å²) in [6.07, 6.45) is 2.48. The van der Waals surface area contributed by atoms with Gasteiger partial charge in [-0.25, -0.2) is 4.98 Å². The number of hydrogen-bond donors (Lipinski definition) is 2. The highest BCUT2D eigenvalue weighted by atomic mass is 32.1. The van der Waals surface area contributed by atoms with E-state index in [4.69, 9.17) is 0 Å². The van der Waals surface area contributed by atoms with E-state index in [1.165, 1.54) is 29.8 Å². The maximum atomic E-state index is 11.9. The van der Waals surface area contributed by atoms with Crippen LogP contribution in [0.15, 0.2) is 16.5 Å². The molecular weight excluding hydrogens is 234 g/mol. The van der Waals surface area contributed by atoms with Gasteiger partial charge in [0.15, 0.2) is 5.13 Å². The van der Waals surface area contributed by atoms with E-state index in [9.17, 15) is 4.79 Å². The van der Waals surface area contributed by atoms with Gasteiger partial charge in [-0.05, 0) is 25.3 Å². The fourth-order valence-corrected chi connectivity index (χ4v) is 2.56. The van der Waals surface area contributed by atoms with Gasteiger partial charge in [0.2, 0.25) is 0 Å². The maximum absolute atomic E-state index is 11.9. The van der Waals surface area contributed by atoms with Crippen molar-refractivity contribution in [3.8, 4) is 0 Å². The van der Waals surface area contributed by atoms with Crippen molar-refractivity contribution in [1.29, 1.82) is 0 Å². The van der Waals surface area contributed by atoms with Gasteiger partial charge >= 0.3 is 0 Å². The monoisotopic (exact) mass is 249 g/mol. The number of nitrogens with one attached hydrogen (secondary N) is 2. The molecule has 1 saturated carbocycles. The molecule has 0 radical (unpaired) electrons. The summed E-state index contributed by atoms with van der Waals surface area (Å²) < 4.78 is 0. The van der Waals surface area contributed by atoms with Crippen molar-refractivity contribution in [3.63, 3.8) is 0 Å². The summed E-state index contributed by atoms with van der Waals surface area (Å²) >= 11 is 1.52. The SMILES string of the molecule is CC(C(=O)Nc1nc(C2CC2)cs1)=C1CNC1. The lowest BCUT2D eigenvalue weighted by atomic mass is 10.0. The third kappa shape index (κ3) is 2.25. The minimum Gasteiger partial charge on any atom is -0.309 e. The first-order valence-corrected chi connectivity index (χ1v) is 6.78. The smallest absolute Gasteiger partial charge is 0.253 e. The van der Waals surface area contributed by atoms with Gasteiger partial charge in [-0.2, -0.15) is 0 Å². The van der Waals surface area contributed by atoms with Gasteiger partial charge in [0, 0.05) is 30.0 Å². The van der Waals surface area contributed by atoms with Gasteiger partial charge in [-0.3, -0.25) is 10.1 Å². The van der Waals surface area contributed by atoms with Crippen molar-refractivity contribution in [2.45, 2.75) is 25.7 Å². The highest BCUT2D eigenvalue weighted by Gasteiger charge is 2.26. The summed E-state index contributed by atoms with van der Waals surface area (Å²) in [5.41, 5.74) is 3.16. The van der Waals surface area contributed by atoms with Crippen LogP contribution in [0.4, 0.5) is 5.13 Å². The Hall–Kier alpha value is -1.20. The van der Waals surface area contributed by atoms with Crippen LogP contribution in [0, 0.1) is 0 Å². The van der Waals surface area contributed by atoms with Crippen LogP contribution in [0.1, 0.15) is 31.4 Å². The van der Waals surface area contributed by atoms with E-state index < -0.39 is 0 Å². The van der Waals surface area contributed by atoms with Crippen LogP contribution in [0.3, 0.4) is 0 Å². The second-order valence-electron chi connectivity index (χ2n) is 4.64. The number of carbonyl (C=O) groups excluding carboxylic acids is 1. The zero-order valence-corrected chi connectivity index (χ0v) is 10.6. The Morgan fingerprint density at radius 2 is 2.29 bits per heavy atom. The number of rotatable bonds is 3. The lowest BCUT2D eigenvalue weighted by Crippen LogP contribution is -2.36. The fourth-order valence-electron chi connectivity index (χ4n) is 1.78. The molecule has 1 saturated heterocycles. The molecule has 1 amide bonds. The first kappa shape index (κ1) is 10.9. The third-order valence-corrected chi connectivity index (χ3v) is 4.06. The first-order valence-electron chi connectivity index (χ1n) is 5.90. The summed E-state index contributed by atoms with van der Waals surface area (Å²) in [6.45, 7) is 3.55. The molecule has 1 aliphatic heterocycles. The minimum atomic E-state index is -0.0156. The van der Waals surface area contributed by atoms with Crippen LogP contribution < -0.4 is 10.6 Å². The second-order valence-corrected chi connectivity index (χ2v) is 5.50. The Kier molecular flexibility index (Phi) is 2.72. The van der Waals surface area contributed by atoms with E-state index in [1.807, 2.05) is 6.92 Å². The van der Waals surface area contributed by atoms with Crippen molar-refractivity contribution in [1.82, 2.24) is 10.3 Å². The molecule has 5 heteroatoms. The molecule has 17 heavy (non-hydrogen) atoms. The molecule has 1 aromatic rings. The van der Waals surface area contributed by atoms with Crippen LogP contribution >= 0.6 is 11.3 Å². The quantitative estimate of drug-likeness (QED) is 0.804. The van der Waals surface area contributed by atoms with Gasteiger partial charge in [0.25, 0.3) is 5.91 Å². The van der Waals surface area contributed by atoms with Crippen molar-refractivity contribution in [3.05, 3.63) is 22.2 Å². The van der Waals surface area contributed by atoms with E-state index in [2.05, 4.69) is 21.0 Å². The Bertz CT molecular complexity index is 482. The van der Waals surface area contributed by atoms with Gasteiger partial charge in [0.1, 0.15) is 0 Å². The van der Waals surface area contributed by atoms with Crippen molar-refractivity contribution < 1.29 is 4.79 Å². The molecule has 2 aliphatic rings.